The van der Waals surface area contributed by atoms with Crippen molar-refractivity contribution in [2.45, 2.75) is 12.7 Å². The van der Waals surface area contributed by atoms with Gasteiger partial charge in [0.15, 0.2) is 0 Å². The van der Waals surface area contributed by atoms with Crippen molar-refractivity contribution in [2.24, 2.45) is 0 Å². The highest BCUT2D eigenvalue weighted by Crippen LogP contribution is 2.35. The number of rotatable bonds is 3. The average Bonchev–Trinajstić information content (AvgIpc) is 3.23. The molecule has 0 fully saturated rings. The van der Waals surface area contributed by atoms with E-state index in [1.807, 2.05) is 58.8 Å². The van der Waals surface area contributed by atoms with Gasteiger partial charge in [0.05, 0.1) is 18.4 Å². The molecule has 0 radical (unpaired) electrons. The lowest BCUT2D eigenvalue weighted by Crippen LogP contribution is -2.42. The van der Waals surface area contributed by atoms with Crippen molar-refractivity contribution in [3.8, 4) is 0 Å². The maximum Gasteiger partial charge on any atom is 0.258 e. The molecule has 0 saturated heterocycles. The van der Waals surface area contributed by atoms with Crippen molar-refractivity contribution in [1.29, 1.82) is 0 Å². The number of thiophene rings is 1. The van der Waals surface area contributed by atoms with E-state index in [1.165, 1.54) is 0 Å². The first-order valence-electron chi connectivity index (χ1n) is 7.05. The maximum absolute atomic E-state index is 12.9. The molecule has 22 heavy (non-hydrogen) atoms. The number of hydrogen-bond acceptors (Lipinski definition) is 4. The summed E-state index contributed by atoms with van der Waals surface area (Å²) >= 11 is 1.64. The Hall–Kier alpha value is -2.53. The molecule has 110 valence electrons. The molecule has 0 unspecified atom stereocenters. The molecule has 2 aromatic heterocycles. The van der Waals surface area contributed by atoms with Crippen LogP contribution in [0.2, 0.25) is 0 Å². The Bertz CT molecular complexity index is 781. The van der Waals surface area contributed by atoms with Gasteiger partial charge in [-0.05, 0) is 35.7 Å². The number of nitrogens with zero attached hydrogens (tertiary/aromatic N) is 1. The van der Waals surface area contributed by atoms with E-state index < -0.39 is 0 Å². The predicted molar refractivity (Wildman–Crippen MR) is 85.7 cm³/mol. The minimum absolute atomic E-state index is 0.0177. The number of amides is 1. The fourth-order valence-corrected chi connectivity index (χ4v) is 3.48. The number of furan rings is 1. The third kappa shape index (κ3) is 2.19. The maximum atomic E-state index is 12.9. The SMILES string of the molecule is O=C1c2ccccc2N[C@@H](c2cccs2)N1Cc1ccco1. The van der Waals surface area contributed by atoms with Gasteiger partial charge in [-0.2, -0.15) is 0 Å². The minimum Gasteiger partial charge on any atom is -0.467 e. The number of nitrogens with one attached hydrogen (secondary N) is 1. The van der Waals surface area contributed by atoms with E-state index in [1.54, 1.807) is 17.6 Å². The van der Waals surface area contributed by atoms with Gasteiger partial charge in [-0.3, -0.25) is 4.79 Å². The summed E-state index contributed by atoms with van der Waals surface area (Å²) in [4.78, 5) is 15.8. The Morgan fingerprint density at radius 3 is 2.82 bits per heavy atom. The van der Waals surface area contributed by atoms with Crippen LogP contribution in [0.5, 0.6) is 0 Å². The Kier molecular flexibility index (Phi) is 3.20. The van der Waals surface area contributed by atoms with Gasteiger partial charge in [-0.15, -0.1) is 11.3 Å². The topological polar surface area (TPSA) is 45.5 Å². The number of para-hydroxylation sites is 1. The molecule has 0 aliphatic carbocycles. The van der Waals surface area contributed by atoms with Crippen molar-refractivity contribution in [1.82, 2.24) is 4.90 Å². The second kappa shape index (κ2) is 5.35. The highest BCUT2D eigenvalue weighted by Gasteiger charge is 2.33. The van der Waals surface area contributed by atoms with Gasteiger partial charge in [0, 0.05) is 10.6 Å². The van der Waals surface area contributed by atoms with Gasteiger partial charge >= 0.3 is 0 Å². The molecular weight excluding hydrogens is 296 g/mol. The molecule has 1 amide bonds. The van der Waals surface area contributed by atoms with Crippen LogP contribution in [0.4, 0.5) is 5.69 Å². The standard InChI is InChI=1S/C17H14N2O2S/c20-17-13-6-1-2-7-14(13)18-16(15-8-4-10-22-15)19(17)11-12-5-3-9-21-12/h1-10,16,18H,11H2/t16-/m1/s1. The highest BCUT2D eigenvalue weighted by atomic mass is 32.1. The summed E-state index contributed by atoms with van der Waals surface area (Å²) in [6, 6.07) is 15.4. The Labute approximate surface area is 132 Å². The first kappa shape index (κ1) is 13.2. The van der Waals surface area contributed by atoms with E-state index in [0.29, 0.717) is 12.1 Å². The molecule has 1 N–H and O–H groups in total. The smallest absolute Gasteiger partial charge is 0.258 e. The molecule has 3 heterocycles. The van der Waals surface area contributed by atoms with E-state index >= 15 is 0 Å². The summed E-state index contributed by atoms with van der Waals surface area (Å²) in [5.74, 6) is 0.792. The lowest BCUT2D eigenvalue weighted by atomic mass is 10.1. The van der Waals surface area contributed by atoms with E-state index in [2.05, 4.69) is 5.32 Å². The zero-order valence-corrected chi connectivity index (χ0v) is 12.5. The first-order valence-corrected chi connectivity index (χ1v) is 7.93. The number of carbonyl (C=O) groups excluding carboxylic acids is 1. The van der Waals surface area contributed by atoms with Gasteiger partial charge in [-0.1, -0.05) is 18.2 Å². The Balaban J connectivity index is 1.76. The van der Waals surface area contributed by atoms with E-state index in [9.17, 15) is 4.79 Å². The number of benzene rings is 1. The van der Waals surface area contributed by atoms with E-state index in [4.69, 9.17) is 4.42 Å². The third-order valence-corrected chi connectivity index (χ3v) is 4.67. The second-order valence-electron chi connectivity index (χ2n) is 5.12. The molecular formula is C17H14N2O2S. The van der Waals surface area contributed by atoms with Crippen LogP contribution in [-0.4, -0.2) is 10.8 Å². The van der Waals surface area contributed by atoms with Gasteiger partial charge in [0.2, 0.25) is 0 Å². The fourth-order valence-electron chi connectivity index (χ4n) is 2.70. The Morgan fingerprint density at radius 2 is 2.05 bits per heavy atom. The molecule has 0 spiro atoms. The van der Waals surface area contributed by atoms with Crippen LogP contribution >= 0.6 is 11.3 Å². The number of fused-ring (bicyclic) bond motifs is 1. The highest BCUT2D eigenvalue weighted by molar-refractivity contribution is 7.10. The van der Waals surface area contributed by atoms with Crippen molar-refractivity contribution >= 4 is 22.9 Å². The van der Waals surface area contributed by atoms with Crippen LogP contribution in [0, 0.1) is 0 Å². The van der Waals surface area contributed by atoms with E-state index in [0.717, 1.165) is 16.3 Å². The first-order chi connectivity index (χ1) is 10.8. The summed E-state index contributed by atoms with van der Waals surface area (Å²) in [5, 5.41) is 5.49. The molecule has 1 aliphatic rings. The largest absolute Gasteiger partial charge is 0.467 e. The molecule has 5 heteroatoms. The normalized spacial score (nSPS) is 17.2. The van der Waals surface area contributed by atoms with Crippen LogP contribution in [-0.2, 0) is 6.54 Å². The lowest BCUT2D eigenvalue weighted by molar-refractivity contribution is 0.0654. The van der Waals surface area contributed by atoms with Gasteiger partial charge in [0.1, 0.15) is 11.9 Å². The van der Waals surface area contributed by atoms with Gasteiger partial charge < -0.3 is 14.6 Å². The number of carbonyl (C=O) groups is 1. The zero-order chi connectivity index (χ0) is 14.9. The number of hydrogen-bond donors (Lipinski definition) is 1. The number of anilines is 1. The molecule has 4 rings (SSSR count). The van der Waals surface area contributed by atoms with Crippen LogP contribution in [0.25, 0.3) is 0 Å². The van der Waals surface area contributed by atoms with Crippen LogP contribution in [0.3, 0.4) is 0 Å². The molecule has 1 aliphatic heterocycles. The molecule has 0 bridgehead atoms. The lowest BCUT2D eigenvalue weighted by Gasteiger charge is -2.36. The van der Waals surface area contributed by atoms with Crippen molar-refractivity contribution in [3.63, 3.8) is 0 Å². The average molecular weight is 310 g/mol. The summed E-state index contributed by atoms with van der Waals surface area (Å²) < 4.78 is 5.42. The van der Waals surface area contributed by atoms with E-state index in [-0.39, 0.29) is 12.1 Å². The summed E-state index contributed by atoms with van der Waals surface area (Å²) in [6.45, 7) is 0.440. The predicted octanol–water partition coefficient (Wildman–Crippen LogP) is 4.11. The van der Waals surface area contributed by atoms with Gasteiger partial charge in [-0.25, -0.2) is 0 Å². The molecule has 4 nitrogen and oxygen atoms in total. The van der Waals surface area contributed by atoms with Crippen LogP contribution in [0.1, 0.15) is 27.2 Å². The summed E-state index contributed by atoms with van der Waals surface area (Å²) in [7, 11) is 0. The zero-order valence-electron chi connectivity index (χ0n) is 11.7. The molecule has 1 aromatic carbocycles. The van der Waals surface area contributed by atoms with Crippen molar-refractivity contribution < 1.29 is 9.21 Å². The third-order valence-electron chi connectivity index (χ3n) is 3.74. The van der Waals surface area contributed by atoms with Gasteiger partial charge in [0.25, 0.3) is 5.91 Å². The molecule has 1 atom stereocenters. The monoisotopic (exact) mass is 310 g/mol. The summed E-state index contributed by atoms with van der Waals surface area (Å²) in [5.41, 5.74) is 1.57. The van der Waals surface area contributed by atoms with Crippen LogP contribution < -0.4 is 5.32 Å². The second-order valence-corrected chi connectivity index (χ2v) is 6.10. The molecule has 0 saturated carbocycles. The molecule has 3 aromatic rings. The Morgan fingerprint density at radius 1 is 1.14 bits per heavy atom. The van der Waals surface area contributed by atoms with Crippen molar-refractivity contribution in [3.05, 3.63) is 76.4 Å². The van der Waals surface area contributed by atoms with Crippen LogP contribution in [0.15, 0.2) is 64.6 Å². The fraction of sp³-hybridized carbons (Fsp3) is 0.118. The van der Waals surface area contributed by atoms with Crippen molar-refractivity contribution in [2.75, 3.05) is 5.32 Å². The quantitative estimate of drug-likeness (QED) is 0.792. The summed E-state index contributed by atoms with van der Waals surface area (Å²) in [6.07, 6.45) is 1.46. The minimum atomic E-state index is -0.174.